The van der Waals surface area contributed by atoms with E-state index in [1.165, 1.54) is 43.7 Å². The molecule has 0 aliphatic heterocycles. The summed E-state index contributed by atoms with van der Waals surface area (Å²) in [7, 11) is 0. The van der Waals surface area contributed by atoms with E-state index >= 15 is 0 Å². The first-order valence-corrected chi connectivity index (χ1v) is 21.2. The van der Waals surface area contributed by atoms with Gasteiger partial charge in [-0.1, -0.05) is 103 Å². The number of anilines is 3. The van der Waals surface area contributed by atoms with Crippen molar-refractivity contribution in [2.45, 2.75) is 0 Å². The molecule has 0 bridgehead atoms. The highest BCUT2D eigenvalue weighted by Crippen LogP contribution is 2.43. The van der Waals surface area contributed by atoms with E-state index < -0.39 is 0 Å². The summed E-state index contributed by atoms with van der Waals surface area (Å²) in [5.41, 5.74) is 17.5. The van der Waals surface area contributed by atoms with Gasteiger partial charge >= 0.3 is 0 Å². The molecule has 294 valence electrons. The third-order valence-electron chi connectivity index (χ3n) is 12.4. The molecule has 5 heterocycles. The normalized spacial score (nSPS) is 11.8. The summed E-state index contributed by atoms with van der Waals surface area (Å²) in [6, 6.07) is 72.7. The summed E-state index contributed by atoms with van der Waals surface area (Å²) >= 11 is 0. The molecule has 0 saturated heterocycles. The monoisotopic (exact) mass is 805 g/mol. The Hall–Kier alpha value is -8.61. The summed E-state index contributed by atoms with van der Waals surface area (Å²) in [5, 5.41) is 5.08. The minimum atomic E-state index is 0.599. The van der Waals surface area contributed by atoms with Crippen molar-refractivity contribution in [1.82, 2.24) is 19.4 Å². The van der Waals surface area contributed by atoms with Crippen LogP contribution in [0.1, 0.15) is 0 Å². The molecule has 0 aliphatic rings. The van der Waals surface area contributed by atoms with E-state index in [1.54, 1.807) is 0 Å². The molecule has 0 atom stereocenters. The molecule has 13 rings (SSSR count). The first kappa shape index (κ1) is 35.2. The maximum absolute atomic E-state index is 6.15. The first-order valence-electron chi connectivity index (χ1n) is 21.2. The topological polar surface area (TPSA) is 59.5 Å². The average molecular weight is 806 g/mol. The second kappa shape index (κ2) is 14.0. The summed E-state index contributed by atoms with van der Waals surface area (Å²) < 4.78 is 8.57. The van der Waals surface area contributed by atoms with E-state index in [9.17, 15) is 0 Å². The summed E-state index contributed by atoms with van der Waals surface area (Å²) in [6.45, 7) is 0. The van der Waals surface area contributed by atoms with Crippen LogP contribution in [0, 0.1) is 0 Å². The number of benzene rings is 8. The van der Waals surface area contributed by atoms with Gasteiger partial charge in [0.2, 0.25) is 5.89 Å². The van der Waals surface area contributed by atoms with Crippen molar-refractivity contribution >= 4 is 77.3 Å². The molecular formula is C57H35N5O. The average Bonchev–Trinajstić information content (AvgIpc) is 4.04. The van der Waals surface area contributed by atoms with Crippen LogP contribution in [0.5, 0.6) is 0 Å². The maximum atomic E-state index is 6.15. The Kier molecular flexibility index (Phi) is 7.80. The number of nitrogens with zero attached hydrogens (tertiary/aromatic N) is 5. The molecule has 0 radical (unpaired) electrons. The van der Waals surface area contributed by atoms with Gasteiger partial charge in [-0.2, -0.15) is 0 Å². The van der Waals surface area contributed by atoms with Crippen molar-refractivity contribution < 1.29 is 4.42 Å². The van der Waals surface area contributed by atoms with Crippen LogP contribution in [0.25, 0.3) is 105 Å². The molecule has 0 fully saturated rings. The van der Waals surface area contributed by atoms with E-state index in [0.717, 1.165) is 72.7 Å². The fourth-order valence-corrected chi connectivity index (χ4v) is 9.44. The van der Waals surface area contributed by atoms with Crippen LogP contribution in [-0.4, -0.2) is 19.4 Å². The van der Waals surface area contributed by atoms with Crippen LogP contribution >= 0.6 is 0 Å². The molecule has 63 heavy (non-hydrogen) atoms. The fourth-order valence-electron chi connectivity index (χ4n) is 9.44. The van der Waals surface area contributed by atoms with Gasteiger partial charge in [0.15, 0.2) is 5.58 Å². The van der Waals surface area contributed by atoms with Gasteiger partial charge < -0.3 is 13.7 Å². The Balaban J connectivity index is 0.914. The van der Waals surface area contributed by atoms with Gasteiger partial charge in [0.1, 0.15) is 5.52 Å². The van der Waals surface area contributed by atoms with E-state index in [0.29, 0.717) is 5.89 Å². The molecule has 13 aromatic rings. The van der Waals surface area contributed by atoms with E-state index in [-0.39, 0.29) is 0 Å². The van der Waals surface area contributed by atoms with Crippen molar-refractivity contribution in [3.05, 3.63) is 212 Å². The molecule has 6 nitrogen and oxygen atoms in total. The molecule has 0 unspecified atom stereocenters. The predicted octanol–water partition coefficient (Wildman–Crippen LogP) is 15.1. The van der Waals surface area contributed by atoms with E-state index in [2.05, 4.69) is 173 Å². The first-order chi connectivity index (χ1) is 31.2. The molecule has 6 heteroatoms. The highest BCUT2D eigenvalue weighted by molar-refractivity contribution is 6.24. The van der Waals surface area contributed by atoms with Crippen molar-refractivity contribution in [3.8, 4) is 45.0 Å². The van der Waals surface area contributed by atoms with Crippen molar-refractivity contribution in [2.24, 2.45) is 0 Å². The van der Waals surface area contributed by atoms with Gasteiger partial charge in [0.25, 0.3) is 0 Å². The quantitative estimate of drug-likeness (QED) is 0.161. The standard InChI is InChI=1S/C57H35N5O/c1-2-11-37(12-3-1)46-35-51(59-50-16-10-32-58-55(46)50)38-22-28-42(29-23-38)61(43-30-24-39(25-31-43)57-60-49-15-6-9-19-54(49)63-57)41-26-20-36(21-27-41)40-33-47-44-13-4-7-17-52(44)62-53-18-8-5-14-45(53)48(34-40)56(47)62/h1-35H. The number of hydrogen-bond acceptors (Lipinski definition) is 5. The van der Waals surface area contributed by atoms with E-state index in [1.807, 2.05) is 48.7 Å². The predicted molar refractivity (Wildman–Crippen MR) is 258 cm³/mol. The zero-order valence-electron chi connectivity index (χ0n) is 33.9. The van der Waals surface area contributed by atoms with Gasteiger partial charge in [-0.3, -0.25) is 4.98 Å². The Morgan fingerprint density at radius 1 is 0.413 bits per heavy atom. The van der Waals surface area contributed by atoms with Gasteiger partial charge in [0, 0.05) is 61.5 Å². The van der Waals surface area contributed by atoms with Gasteiger partial charge in [-0.25, -0.2) is 9.97 Å². The maximum Gasteiger partial charge on any atom is 0.227 e. The zero-order chi connectivity index (χ0) is 41.4. The largest absolute Gasteiger partial charge is 0.436 e. The number of pyridine rings is 2. The Morgan fingerprint density at radius 3 is 1.65 bits per heavy atom. The fraction of sp³-hybridized carbons (Fsp3) is 0. The molecule has 8 aromatic carbocycles. The van der Waals surface area contributed by atoms with Crippen molar-refractivity contribution in [2.75, 3.05) is 4.90 Å². The molecule has 0 amide bonds. The number of hydrogen-bond donors (Lipinski definition) is 0. The third-order valence-corrected chi connectivity index (χ3v) is 12.4. The summed E-state index contributed by atoms with van der Waals surface area (Å²) in [5.74, 6) is 0.599. The van der Waals surface area contributed by atoms with Gasteiger partial charge in [-0.05, 0) is 120 Å². The lowest BCUT2D eigenvalue weighted by Crippen LogP contribution is -2.09. The van der Waals surface area contributed by atoms with Crippen LogP contribution < -0.4 is 4.90 Å². The number of rotatable bonds is 7. The highest BCUT2D eigenvalue weighted by Gasteiger charge is 2.20. The Morgan fingerprint density at radius 2 is 0.984 bits per heavy atom. The lowest BCUT2D eigenvalue weighted by atomic mass is 9.99. The summed E-state index contributed by atoms with van der Waals surface area (Å²) in [6.07, 6.45) is 1.83. The minimum Gasteiger partial charge on any atom is -0.436 e. The van der Waals surface area contributed by atoms with Crippen LogP contribution in [0.15, 0.2) is 217 Å². The number of fused-ring (bicyclic) bond motifs is 8. The molecular weight excluding hydrogens is 771 g/mol. The van der Waals surface area contributed by atoms with Crippen molar-refractivity contribution in [3.63, 3.8) is 0 Å². The Labute approximate surface area is 361 Å². The van der Waals surface area contributed by atoms with Crippen LogP contribution in [0.2, 0.25) is 0 Å². The second-order valence-electron chi connectivity index (χ2n) is 16.0. The molecule has 0 aliphatic carbocycles. The lowest BCUT2D eigenvalue weighted by Gasteiger charge is -2.26. The van der Waals surface area contributed by atoms with Gasteiger partial charge in [0.05, 0.1) is 33.3 Å². The highest BCUT2D eigenvalue weighted by atomic mass is 16.3. The molecule has 0 spiro atoms. The van der Waals surface area contributed by atoms with Gasteiger partial charge in [-0.15, -0.1) is 0 Å². The SMILES string of the molecule is c1ccc(-c2cc(-c3ccc(N(c4ccc(-c5cc6c7ccccc7n7c8ccccc8c(c5)c67)cc4)c4ccc(-c5nc6ccccc6o5)cc4)cc3)nc3cccnc23)cc1. The number of aromatic nitrogens is 4. The second-order valence-corrected chi connectivity index (χ2v) is 16.0. The number of para-hydroxylation sites is 4. The van der Waals surface area contributed by atoms with Crippen molar-refractivity contribution in [1.29, 1.82) is 0 Å². The zero-order valence-corrected chi connectivity index (χ0v) is 33.9. The minimum absolute atomic E-state index is 0.599. The third kappa shape index (κ3) is 5.69. The Bertz CT molecular complexity index is 3720. The molecule has 5 aromatic heterocycles. The van der Waals surface area contributed by atoms with Crippen LogP contribution in [-0.2, 0) is 0 Å². The molecule has 0 N–H and O–H groups in total. The van der Waals surface area contributed by atoms with Crippen LogP contribution in [0.3, 0.4) is 0 Å². The smallest absolute Gasteiger partial charge is 0.227 e. The number of oxazole rings is 1. The summed E-state index contributed by atoms with van der Waals surface area (Å²) in [4.78, 5) is 16.9. The van der Waals surface area contributed by atoms with Crippen LogP contribution in [0.4, 0.5) is 17.1 Å². The molecule has 0 saturated carbocycles. The lowest BCUT2D eigenvalue weighted by molar-refractivity contribution is 0.620. The van der Waals surface area contributed by atoms with E-state index in [4.69, 9.17) is 19.4 Å².